The minimum Gasteiger partial charge on any atom is -0.455 e. The Morgan fingerprint density at radius 1 is 1.21 bits per heavy atom. The highest BCUT2D eigenvalue weighted by Gasteiger charge is 2.22. The number of nitrogens with one attached hydrogen (secondary N) is 1. The lowest BCUT2D eigenvalue weighted by Gasteiger charge is -2.19. The Kier molecular flexibility index (Phi) is 5.81. The molecule has 0 bridgehead atoms. The molecule has 0 saturated heterocycles. The predicted octanol–water partition coefficient (Wildman–Crippen LogP) is 4.28. The Morgan fingerprint density at radius 3 is 2.58 bits per heavy atom. The van der Waals surface area contributed by atoms with E-state index in [2.05, 4.69) is 10.3 Å². The molecular weight excluding hydrogens is 464 g/mol. The van der Waals surface area contributed by atoms with Crippen LogP contribution in [0.15, 0.2) is 57.0 Å². The average Bonchev–Trinajstić information content (AvgIpc) is 3.17. The summed E-state index contributed by atoms with van der Waals surface area (Å²) in [6.07, 6.45) is 3.76. The lowest BCUT2D eigenvalue weighted by Crippen LogP contribution is -2.18. The summed E-state index contributed by atoms with van der Waals surface area (Å²) in [5.74, 6) is 0.490. The third-order valence-corrected chi connectivity index (χ3v) is 6.48. The van der Waals surface area contributed by atoms with Gasteiger partial charge in [0.1, 0.15) is 16.5 Å². The number of fused-ring (bicyclic) bond motifs is 1. The number of hydrogen-bond donors (Lipinski definition) is 2. The van der Waals surface area contributed by atoms with Crippen LogP contribution in [-0.4, -0.2) is 18.0 Å². The van der Waals surface area contributed by atoms with Crippen LogP contribution in [0.2, 0.25) is 5.15 Å². The van der Waals surface area contributed by atoms with E-state index in [4.69, 9.17) is 21.2 Å². The maximum Gasteiger partial charge on any atom is 0.257 e. The van der Waals surface area contributed by atoms with Gasteiger partial charge in [0, 0.05) is 36.1 Å². The van der Waals surface area contributed by atoms with Gasteiger partial charge in [-0.2, -0.15) is 0 Å². The van der Waals surface area contributed by atoms with Gasteiger partial charge in [0.05, 0.1) is 17.1 Å². The maximum absolute atomic E-state index is 13.2. The summed E-state index contributed by atoms with van der Waals surface area (Å²) in [5, 5.41) is 8.56. The number of rotatable bonds is 5. The smallest absolute Gasteiger partial charge is 0.257 e. The highest BCUT2D eigenvalue weighted by atomic mass is 35.5. The molecule has 8 nitrogen and oxygen atoms in total. The molecule has 4 aromatic rings. The van der Waals surface area contributed by atoms with Crippen molar-refractivity contribution in [2.45, 2.75) is 31.8 Å². The molecule has 3 N–H and O–H groups in total. The second-order valence-corrected chi connectivity index (χ2v) is 9.94. The molecule has 0 amide bonds. The standard InChI is InChI=1S/C23H23ClN4O4S/c1-12-9-16(14(3)26-18-5-6-19(24)27-23(18)33(25,30)31)22-17(10-12)20(29)13(2)21(32-22)15-7-8-28(4)11-15/h5-11,14,26H,1-4H3,(H2,25,30,31)/t14-/m1/s1. The zero-order chi connectivity index (χ0) is 24.1. The summed E-state index contributed by atoms with van der Waals surface area (Å²) in [6, 6.07) is 8.08. The number of aryl methyl sites for hydroxylation is 2. The minimum absolute atomic E-state index is 0.00667. The van der Waals surface area contributed by atoms with Gasteiger partial charge >= 0.3 is 0 Å². The van der Waals surface area contributed by atoms with E-state index in [-0.39, 0.29) is 21.3 Å². The van der Waals surface area contributed by atoms with Gasteiger partial charge in [-0.05, 0) is 50.6 Å². The van der Waals surface area contributed by atoms with E-state index >= 15 is 0 Å². The van der Waals surface area contributed by atoms with Crippen molar-refractivity contribution in [1.82, 2.24) is 9.55 Å². The van der Waals surface area contributed by atoms with Gasteiger partial charge in [-0.15, -0.1) is 0 Å². The zero-order valence-electron chi connectivity index (χ0n) is 18.5. The van der Waals surface area contributed by atoms with Crippen molar-refractivity contribution in [2.75, 3.05) is 5.32 Å². The number of hydrogen-bond acceptors (Lipinski definition) is 6. The number of halogens is 1. The molecule has 3 aromatic heterocycles. The molecule has 0 unspecified atom stereocenters. The normalized spacial score (nSPS) is 12.8. The van der Waals surface area contributed by atoms with Crippen LogP contribution in [0.4, 0.5) is 5.69 Å². The van der Waals surface area contributed by atoms with Crippen molar-refractivity contribution in [3.05, 3.63) is 74.8 Å². The second kappa shape index (κ2) is 8.33. The molecular formula is C23H23ClN4O4S. The van der Waals surface area contributed by atoms with E-state index in [9.17, 15) is 13.2 Å². The topological polar surface area (TPSA) is 120 Å². The lowest BCUT2D eigenvalue weighted by molar-refractivity contribution is 0.594. The molecule has 0 fully saturated rings. The molecule has 10 heteroatoms. The Balaban J connectivity index is 1.89. The van der Waals surface area contributed by atoms with Gasteiger partial charge in [0.15, 0.2) is 10.5 Å². The first-order valence-electron chi connectivity index (χ1n) is 10.1. The summed E-state index contributed by atoms with van der Waals surface area (Å²) >= 11 is 5.87. The van der Waals surface area contributed by atoms with E-state index < -0.39 is 16.1 Å². The molecule has 1 atom stereocenters. The third kappa shape index (κ3) is 4.39. The van der Waals surface area contributed by atoms with E-state index in [1.165, 1.54) is 12.1 Å². The fourth-order valence-corrected chi connectivity index (χ4v) is 4.71. The SMILES string of the molecule is Cc1cc([C@@H](C)Nc2ccc(Cl)nc2S(N)(=O)=O)c2oc(-c3ccn(C)c3)c(C)c(=O)c2c1. The molecule has 172 valence electrons. The molecule has 1 aromatic carbocycles. The third-order valence-electron chi connectivity index (χ3n) is 5.42. The molecule has 0 saturated carbocycles. The van der Waals surface area contributed by atoms with Gasteiger partial charge in [-0.25, -0.2) is 18.5 Å². The van der Waals surface area contributed by atoms with Gasteiger partial charge < -0.3 is 14.3 Å². The number of primary sulfonamides is 1. The number of nitrogens with zero attached hydrogens (tertiary/aromatic N) is 2. The van der Waals surface area contributed by atoms with Gasteiger partial charge in [0.2, 0.25) is 0 Å². The van der Waals surface area contributed by atoms with Gasteiger partial charge in [0.25, 0.3) is 10.0 Å². The summed E-state index contributed by atoms with van der Waals surface area (Å²) < 4.78 is 32.2. The maximum atomic E-state index is 13.2. The lowest BCUT2D eigenvalue weighted by atomic mass is 9.99. The second-order valence-electron chi connectivity index (χ2n) is 8.08. The number of anilines is 1. The fourth-order valence-electron chi connectivity index (χ4n) is 3.86. The van der Waals surface area contributed by atoms with E-state index in [0.29, 0.717) is 27.9 Å². The van der Waals surface area contributed by atoms with Crippen molar-refractivity contribution in [1.29, 1.82) is 0 Å². The van der Waals surface area contributed by atoms with Crippen molar-refractivity contribution >= 4 is 38.3 Å². The molecule has 0 aliphatic heterocycles. The quantitative estimate of drug-likeness (QED) is 0.406. The summed E-state index contributed by atoms with van der Waals surface area (Å²) in [7, 11) is -2.23. The molecule has 33 heavy (non-hydrogen) atoms. The van der Waals surface area contributed by atoms with Crippen molar-refractivity contribution in [2.24, 2.45) is 12.2 Å². The highest BCUT2D eigenvalue weighted by molar-refractivity contribution is 7.89. The Hall–Kier alpha value is -3.14. The monoisotopic (exact) mass is 486 g/mol. The van der Waals surface area contributed by atoms with Crippen LogP contribution in [0.1, 0.15) is 29.7 Å². The largest absolute Gasteiger partial charge is 0.455 e. The van der Waals surface area contributed by atoms with Crippen LogP contribution in [-0.2, 0) is 17.1 Å². The van der Waals surface area contributed by atoms with Crippen LogP contribution in [0.3, 0.4) is 0 Å². The Labute approximate surface area is 196 Å². The molecule has 0 aliphatic carbocycles. The van der Waals surface area contributed by atoms with Crippen molar-refractivity contribution in [3.8, 4) is 11.3 Å². The van der Waals surface area contributed by atoms with E-state index in [0.717, 1.165) is 11.1 Å². The first-order chi connectivity index (χ1) is 15.5. The number of pyridine rings is 1. The molecule has 3 heterocycles. The van der Waals surface area contributed by atoms with Crippen LogP contribution in [0.5, 0.6) is 0 Å². The van der Waals surface area contributed by atoms with Gasteiger partial charge in [-0.1, -0.05) is 17.7 Å². The number of nitrogens with two attached hydrogens (primary N) is 1. The fraction of sp³-hybridized carbons (Fsp3) is 0.217. The van der Waals surface area contributed by atoms with Crippen LogP contribution >= 0.6 is 11.6 Å². The van der Waals surface area contributed by atoms with Crippen LogP contribution in [0, 0.1) is 13.8 Å². The number of benzene rings is 1. The molecule has 0 radical (unpaired) electrons. The Bertz CT molecular complexity index is 1560. The minimum atomic E-state index is -4.12. The zero-order valence-corrected chi connectivity index (χ0v) is 20.1. The summed E-state index contributed by atoms with van der Waals surface area (Å²) in [5.41, 5.74) is 3.37. The van der Waals surface area contributed by atoms with Crippen molar-refractivity contribution < 1.29 is 12.8 Å². The van der Waals surface area contributed by atoms with E-state index in [1.54, 1.807) is 13.0 Å². The average molecular weight is 487 g/mol. The van der Waals surface area contributed by atoms with E-state index in [1.807, 2.05) is 50.0 Å². The molecule has 0 aliphatic rings. The summed E-state index contributed by atoms with van der Waals surface area (Å²) in [4.78, 5) is 17.1. The van der Waals surface area contributed by atoms with Crippen LogP contribution in [0.25, 0.3) is 22.3 Å². The predicted molar refractivity (Wildman–Crippen MR) is 129 cm³/mol. The first-order valence-corrected chi connectivity index (χ1v) is 12.0. The molecule has 0 spiro atoms. The Morgan fingerprint density at radius 2 is 1.94 bits per heavy atom. The van der Waals surface area contributed by atoms with Crippen molar-refractivity contribution in [3.63, 3.8) is 0 Å². The molecule has 4 rings (SSSR count). The van der Waals surface area contributed by atoms with Crippen LogP contribution < -0.4 is 15.9 Å². The highest BCUT2D eigenvalue weighted by Crippen LogP contribution is 2.33. The number of aromatic nitrogens is 2. The summed E-state index contributed by atoms with van der Waals surface area (Å²) in [6.45, 7) is 5.46. The number of sulfonamides is 1. The first kappa shape index (κ1) is 23.0. The van der Waals surface area contributed by atoms with Gasteiger partial charge in [-0.3, -0.25) is 4.79 Å².